The van der Waals surface area contributed by atoms with Crippen molar-refractivity contribution in [1.29, 1.82) is 0 Å². The Morgan fingerprint density at radius 2 is 1.76 bits per heavy atom. The van der Waals surface area contributed by atoms with Crippen LogP contribution in [-0.2, 0) is 16.6 Å². The Morgan fingerprint density at radius 1 is 1.02 bits per heavy atom. The van der Waals surface area contributed by atoms with Crippen molar-refractivity contribution in [3.63, 3.8) is 0 Å². The maximum Gasteiger partial charge on any atom is 0.237 e. The molecule has 2 N–H and O–H groups in total. The van der Waals surface area contributed by atoms with E-state index in [9.17, 15) is 12.8 Å². The lowest BCUT2D eigenvalue weighted by Crippen LogP contribution is -2.41. The Morgan fingerprint density at radius 3 is 2.43 bits per heavy atom. The first-order chi connectivity index (χ1) is 19.8. The van der Waals surface area contributed by atoms with Gasteiger partial charge in [-0.3, -0.25) is 9.62 Å². The van der Waals surface area contributed by atoms with Crippen LogP contribution in [0.3, 0.4) is 0 Å². The normalized spacial score (nSPS) is 15.4. The number of sulfonamides is 1. The van der Waals surface area contributed by atoms with Gasteiger partial charge < -0.3 is 14.8 Å². The van der Waals surface area contributed by atoms with Crippen LogP contribution in [-0.4, -0.2) is 70.7 Å². The van der Waals surface area contributed by atoms with E-state index in [0.29, 0.717) is 35.2 Å². The minimum atomic E-state index is -3.83. The molecular weight excluding hydrogens is 560 g/mol. The Hall–Kier alpha value is -3.61. The van der Waals surface area contributed by atoms with Gasteiger partial charge in [-0.2, -0.15) is 4.98 Å². The molecule has 0 spiro atoms. The van der Waals surface area contributed by atoms with Gasteiger partial charge in [0, 0.05) is 47.3 Å². The van der Waals surface area contributed by atoms with Crippen LogP contribution in [0.15, 0.2) is 54.9 Å². The van der Waals surface area contributed by atoms with Crippen molar-refractivity contribution in [1.82, 2.24) is 24.3 Å². The number of anilines is 3. The summed E-state index contributed by atoms with van der Waals surface area (Å²) >= 11 is 0. The number of aromatic nitrogens is 3. The molecule has 0 atom stereocenters. The molecule has 2 aromatic carbocycles. The number of benzene rings is 2. The van der Waals surface area contributed by atoms with E-state index >= 15 is 4.39 Å². The van der Waals surface area contributed by atoms with Crippen molar-refractivity contribution in [2.75, 3.05) is 37.2 Å². The lowest BCUT2D eigenvalue weighted by Gasteiger charge is -2.35. The molecule has 1 saturated heterocycles. The maximum absolute atomic E-state index is 15.1. The van der Waals surface area contributed by atoms with E-state index in [1.807, 2.05) is 6.07 Å². The van der Waals surface area contributed by atoms with Crippen molar-refractivity contribution in [3.8, 4) is 5.69 Å². The molecule has 3 heterocycles. The highest BCUT2D eigenvalue weighted by Gasteiger charge is 2.30. The molecule has 0 bridgehead atoms. The molecule has 224 valence electrons. The van der Waals surface area contributed by atoms with E-state index in [4.69, 9.17) is 0 Å². The van der Waals surface area contributed by atoms with E-state index in [1.54, 1.807) is 29.1 Å². The molecule has 4 aromatic rings. The number of likely N-dealkylation sites (tertiary alicyclic amines) is 1. The molecule has 0 amide bonds. The standard InChI is InChI=1S/C30H37F2N7O2S/c1-30(2,3)42(40,41)36-27-17-24(8-9-25(27)31)39-15-10-20-18-33-29(35-28(20)39)34-22-7-6-21(26(32)16-22)19-38-13-11-23(12-14-38)37(4)5/h6-10,15-18,23,36H,11-14,19H2,1-5H3,(H,33,34,35). The van der Waals surface area contributed by atoms with Crippen molar-refractivity contribution in [3.05, 3.63) is 72.1 Å². The molecule has 12 heteroatoms. The fourth-order valence-electron chi connectivity index (χ4n) is 4.94. The fourth-order valence-corrected chi connectivity index (χ4v) is 5.70. The van der Waals surface area contributed by atoms with Crippen LogP contribution in [0.4, 0.5) is 26.1 Å². The van der Waals surface area contributed by atoms with E-state index in [-0.39, 0.29) is 17.5 Å². The van der Waals surface area contributed by atoms with Crippen LogP contribution in [0.1, 0.15) is 39.2 Å². The quantitative estimate of drug-likeness (QED) is 0.277. The summed E-state index contributed by atoms with van der Waals surface area (Å²) in [4.78, 5) is 13.5. The molecule has 5 rings (SSSR count). The maximum atomic E-state index is 15.1. The summed E-state index contributed by atoms with van der Waals surface area (Å²) in [7, 11) is 0.369. The van der Waals surface area contributed by atoms with E-state index in [1.165, 1.54) is 45.0 Å². The van der Waals surface area contributed by atoms with E-state index in [2.05, 4.69) is 43.9 Å². The average Bonchev–Trinajstić information content (AvgIpc) is 3.34. The third-order valence-electron chi connectivity index (χ3n) is 7.70. The summed E-state index contributed by atoms with van der Waals surface area (Å²) in [5, 5.41) is 3.80. The first kappa shape index (κ1) is 29.9. The summed E-state index contributed by atoms with van der Waals surface area (Å²) in [6.45, 7) is 7.05. The molecule has 1 aliphatic rings. The van der Waals surface area contributed by atoms with Crippen LogP contribution in [0.25, 0.3) is 16.7 Å². The lowest BCUT2D eigenvalue weighted by atomic mass is 10.0. The van der Waals surface area contributed by atoms with E-state index < -0.39 is 20.6 Å². The number of nitrogens with zero attached hydrogens (tertiary/aromatic N) is 5. The topological polar surface area (TPSA) is 95.4 Å². The molecule has 9 nitrogen and oxygen atoms in total. The number of fused-ring (bicyclic) bond motifs is 1. The number of hydrogen-bond acceptors (Lipinski definition) is 7. The van der Waals surface area contributed by atoms with Crippen molar-refractivity contribution < 1.29 is 17.2 Å². The zero-order valence-electron chi connectivity index (χ0n) is 24.5. The van der Waals surface area contributed by atoms with Crippen molar-refractivity contribution in [2.24, 2.45) is 0 Å². The number of rotatable bonds is 8. The Kier molecular flexibility index (Phi) is 8.23. The second kappa shape index (κ2) is 11.6. The third-order valence-corrected chi connectivity index (χ3v) is 9.80. The predicted octanol–water partition coefficient (Wildman–Crippen LogP) is 5.51. The second-order valence-corrected chi connectivity index (χ2v) is 14.4. The molecule has 42 heavy (non-hydrogen) atoms. The van der Waals surface area contributed by atoms with Gasteiger partial charge in [-0.25, -0.2) is 22.2 Å². The Bertz CT molecular complexity index is 1690. The molecule has 2 aromatic heterocycles. The molecule has 1 aliphatic heterocycles. The van der Waals surface area contributed by atoms with Gasteiger partial charge in [-0.1, -0.05) is 6.07 Å². The van der Waals surface area contributed by atoms with Gasteiger partial charge in [-0.05, 0) is 97.2 Å². The highest BCUT2D eigenvalue weighted by molar-refractivity contribution is 7.94. The summed E-state index contributed by atoms with van der Waals surface area (Å²) in [5.74, 6) is -0.726. The van der Waals surface area contributed by atoms with E-state index in [0.717, 1.165) is 31.3 Å². The molecule has 0 aliphatic carbocycles. The van der Waals surface area contributed by atoms with Gasteiger partial charge in [0.05, 0.1) is 10.4 Å². The van der Waals surface area contributed by atoms with Gasteiger partial charge in [0.1, 0.15) is 17.3 Å². The zero-order valence-corrected chi connectivity index (χ0v) is 25.3. The van der Waals surface area contributed by atoms with Crippen LogP contribution >= 0.6 is 0 Å². The van der Waals surface area contributed by atoms with Gasteiger partial charge in [0.2, 0.25) is 16.0 Å². The molecule has 0 saturated carbocycles. The third kappa shape index (κ3) is 6.40. The van der Waals surface area contributed by atoms with Gasteiger partial charge in [0.25, 0.3) is 0 Å². The Labute approximate surface area is 245 Å². The smallest absolute Gasteiger partial charge is 0.237 e. The van der Waals surface area contributed by atoms with Crippen LogP contribution in [0.2, 0.25) is 0 Å². The zero-order chi connectivity index (χ0) is 30.2. The van der Waals surface area contributed by atoms with Crippen molar-refractivity contribution in [2.45, 2.75) is 50.9 Å². The molecular formula is C30H37F2N7O2S. The predicted molar refractivity (Wildman–Crippen MR) is 163 cm³/mol. The highest BCUT2D eigenvalue weighted by Crippen LogP contribution is 2.27. The minimum absolute atomic E-state index is 0.158. The number of hydrogen-bond donors (Lipinski definition) is 2. The molecule has 0 unspecified atom stereocenters. The lowest BCUT2D eigenvalue weighted by molar-refractivity contribution is 0.139. The SMILES string of the molecule is CN(C)C1CCN(Cc2ccc(Nc3ncc4ccn(-c5ccc(F)c(NS(=O)(=O)C(C)(C)C)c5)c4n3)cc2F)CC1. The van der Waals surface area contributed by atoms with Gasteiger partial charge >= 0.3 is 0 Å². The number of piperidine rings is 1. The van der Waals surface area contributed by atoms with Gasteiger partial charge in [0.15, 0.2) is 0 Å². The largest absolute Gasteiger partial charge is 0.324 e. The first-order valence-corrected chi connectivity index (χ1v) is 15.4. The fraction of sp³-hybridized carbons (Fsp3) is 0.400. The highest BCUT2D eigenvalue weighted by atomic mass is 32.2. The number of halogens is 2. The molecule has 0 radical (unpaired) electrons. The average molecular weight is 598 g/mol. The first-order valence-electron chi connectivity index (χ1n) is 13.9. The molecule has 1 fully saturated rings. The summed E-state index contributed by atoms with van der Waals surface area (Å²) in [6.07, 6.45) is 5.52. The second-order valence-electron chi connectivity index (χ2n) is 11.9. The van der Waals surface area contributed by atoms with Gasteiger partial charge in [-0.15, -0.1) is 0 Å². The minimum Gasteiger partial charge on any atom is -0.324 e. The Balaban J connectivity index is 1.34. The van der Waals surface area contributed by atoms with Crippen LogP contribution in [0, 0.1) is 11.6 Å². The summed E-state index contributed by atoms with van der Waals surface area (Å²) < 4.78 is 57.9. The van der Waals surface area contributed by atoms with Crippen LogP contribution in [0.5, 0.6) is 0 Å². The number of nitrogens with one attached hydrogen (secondary N) is 2. The summed E-state index contributed by atoms with van der Waals surface area (Å²) in [5.41, 5.74) is 2.02. The monoisotopic (exact) mass is 597 g/mol. The van der Waals surface area contributed by atoms with Crippen molar-refractivity contribution >= 4 is 38.4 Å². The summed E-state index contributed by atoms with van der Waals surface area (Å²) in [6, 6.07) is 11.6. The van der Waals surface area contributed by atoms with Crippen LogP contribution < -0.4 is 10.0 Å².